The number of hydrogen-bond donors (Lipinski definition) is 1. The predicted molar refractivity (Wildman–Crippen MR) is 81.5 cm³/mol. The summed E-state index contributed by atoms with van der Waals surface area (Å²) in [4.78, 5) is 12.2. The van der Waals surface area contributed by atoms with E-state index < -0.39 is 0 Å². The molecule has 0 saturated heterocycles. The highest BCUT2D eigenvalue weighted by Gasteiger charge is 2.08. The monoisotopic (exact) mass is 304 g/mol. The first kappa shape index (κ1) is 13.9. The van der Waals surface area contributed by atoms with E-state index in [2.05, 4.69) is 37.6 Å². The van der Waals surface area contributed by atoms with Crippen molar-refractivity contribution in [1.82, 2.24) is 30.1 Å². The van der Waals surface area contributed by atoms with Crippen molar-refractivity contribution in [3.63, 3.8) is 0 Å². The van der Waals surface area contributed by atoms with E-state index in [1.54, 1.807) is 23.1 Å². The topological polar surface area (TPSA) is 77.6 Å². The second-order valence-corrected chi connectivity index (χ2v) is 5.53. The van der Waals surface area contributed by atoms with E-state index in [0.717, 1.165) is 13.0 Å². The molecule has 0 amide bonds. The molecule has 3 rings (SSSR count). The van der Waals surface area contributed by atoms with Crippen molar-refractivity contribution >= 4 is 22.4 Å². The summed E-state index contributed by atoms with van der Waals surface area (Å²) in [7, 11) is 1.74. The van der Waals surface area contributed by atoms with Crippen molar-refractivity contribution in [2.24, 2.45) is 7.05 Å². The molecule has 3 heterocycles. The third-order valence-electron chi connectivity index (χ3n) is 3.29. The number of hydrogen-bond acceptors (Lipinski definition) is 6. The molecule has 8 heteroatoms. The third-order valence-corrected chi connectivity index (χ3v) is 4.02. The average molecular weight is 304 g/mol. The van der Waals surface area contributed by atoms with E-state index in [1.807, 2.05) is 0 Å². The van der Waals surface area contributed by atoms with Gasteiger partial charge in [0.15, 0.2) is 5.65 Å². The fourth-order valence-electron chi connectivity index (χ4n) is 2.10. The van der Waals surface area contributed by atoms with E-state index in [-0.39, 0.29) is 5.56 Å². The fourth-order valence-corrected chi connectivity index (χ4v) is 2.80. The number of fused-ring (bicyclic) bond motifs is 1. The van der Waals surface area contributed by atoms with Crippen molar-refractivity contribution in [3.8, 4) is 0 Å². The zero-order valence-electron chi connectivity index (χ0n) is 11.7. The standard InChI is InChI=1S/C13H16N6OS/c1-18-12-11(8-15-18)13(20)19(17-16-12)6-5-14-4-2-10-3-7-21-9-10/h3,7-9,14H,2,4-6H2,1H3. The van der Waals surface area contributed by atoms with Crippen molar-refractivity contribution in [2.75, 3.05) is 13.1 Å². The summed E-state index contributed by atoms with van der Waals surface area (Å²) in [6, 6.07) is 2.12. The number of nitrogens with one attached hydrogen (secondary N) is 1. The van der Waals surface area contributed by atoms with E-state index >= 15 is 0 Å². The second kappa shape index (κ2) is 6.15. The van der Waals surface area contributed by atoms with Crippen LogP contribution in [0.25, 0.3) is 11.0 Å². The number of thiophene rings is 1. The lowest BCUT2D eigenvalue weighted by Gasteiger charge is -2.05. The van der Waals surface area contributed by atoms with E-state index in [1.165, 1.54) is 16.4 Å². The smallest absolute Gasteiger partial charge is 0.280 e. The maximum absolute atomic E-state index is 12.2. The van der Waals surface area contributed by atoms with Crippen LogP contribution in [-0.2, 0) is 20.0 Å². The van der Waals surface area contributed by atoms with Crippen LogP contribution in [0.2, 0.25) is 0 Å². The summed E-state index contributed by atoms with van der Waals surface area (Å²) in [5.41, 5.74) is 1.70. The zero-order chi connectivity index (χ0) is 14.7. The van der Waals surface area contributed by atoms with Crippen molar-refractivity contribution < 1.29 is 0 Å². The normalized spacial score (nSPS) is 11.3. The Hall–Kier alpha value is -2.06. The fraction of sp³-hybridized carbons (Fsp3) is 0.385. The van der Waals surface area contributed by atoms with Gasteiger partial charge in [0, 0.05) is 13.6 Å². The molecule has 0 aliphatic rings. The zero-order valence-corrected chi connectivity index (χ0v) is 12.5. The average Bonchev–Trinajstić information content (AvgIpc) is 3.11. The molecule has 0 saturated carbocycles. The molecule has 3 aromatic rings. The molecule has 1 N–H and O–H groups in total. The summed E-state index contributed by atoms with van der Waals surface area (Å²) < 4.78 is 2.93. The van der Waals surface area contributed by atoms with Crippen LogP contribution in [0, 0.1) is 0 Å². The van der Waals surface area contributed by atoms with Gasteiger partial charge >= 0.3 is 0 Å². The Morgan fingerprint density at radius 1 is 1.38 bits per heavy atom. The van der Waals surface area contributed by atoms with Gasteiger partial charge < -0.3 is 5.32 Å². The van der Waals surface area contributed by atoms with Crippen LogP contribution in [-0.4, -0.2) is 37.9 Å². The van der Waals surface area contributed by atoms with E-state index in [4.69, 9.17) is 0 Å². The van der Waals surface area contributed by atoms with Crippen LogP contribution in [0.3, 0.4) is 0 Å². The maximum atomic E-state index is 12.2. The minimum Gasteiger partial charge on any atom is -0.315 e. The van der Waals surface area contributed by atoms with Gasteiger partial charge in [-0.15, -0.1) is 5.10 Å². The number of nitrogens with zero attached hydrogens (tertiary/aromatic N) is 5. The predicted octanol–water partition coefficient (Wildman–Crippen LogP) is 0.419. The van der Waals surface area contributed by atoms with Crippen LogP contribution in [0.1, 0.15) is 5.56 Å². The molecule has 110 valence electrons. The quantitative estimate of drug-likeness (QED) is 0.668. The molecule has 0 radical (unpaired) electrons. The summed E-state index contributed by atoms with van der Waals surface area (Å²) in [5, 5.41) is 20.0. The SMILES string of the molecule is Cn1ncc2c(=O)n(CCNCCc3ccsc3)nnc21. The molecule has 0 spiro atoms. The Morgan fingerprint density at radius 3 is 3.10 bits per heavy atom. The first-order valence-electron chi connectivity index (χ1n) is 6.73. The molecule has 0 atom stereocenters. The Bertz CT molecular complexity index is 776. The Balaban J connectivity index is 1.56. The second-order valence-electron chi connectivity index (χ2n) is 4.75. The highest BCUT2D eigenvalue weighted by Crippen LogP contribution is 2.05. The largest absolute Gasteiger partial charge is 0.315 e. The van der Waals surface area contributed by atoms with Crippen LogP contribution in [0.4, 0.5) is 0 Å². The molecule has 21 heavy (non-hydrogen) atoms. The molecule has 0 unspecified atom stereocenters. The van der Waals surface area contributed by atoms with Gasteiger partial charge in [-0.3, -0.25) is 4.79 Å². The highest BCUT2D eigenvalue weighted by molar-refractivity contribution is 7.07. The molecule has 0 aliphatic carbocycles. The number of aryl methyl sites for hydroxylation is 1. The van der Waals surface area contributed by atoms with Gasteiger partial charge in [0.05, 0.1) is 12.7 Å². The molecule has 3 aromatic heterocycles. The summed E-state index contributed by atoms with van der Waals surface area (Å²) in [6.07, 6.45) is 2.53. The molecule has 0 fully saturated rings. The van der Waals surface area contributed by atoms with Gasteiger partial charge in [-0.25, -0.2) is 9.36 Å². The lowest BCUT2D eigenvalue weighted by atomic mass is 10.2. The Kier molecular flexibility index (Phi) is 4.07. The van der Waals surface area contributed by atoms with E-state index in [0.29, 0.717) is 24.1 Å². The van der Waals surface area contributed by atoms with Crippen LogP contribution >= 0.6 is 11.3 Å². The summed E-state index contributed by atoms with van der Waals surface area (Å²) in [5.74, 6) is 0. The van der Waals surface area contributed by atoms with Crippen molar-refractivity contribution in [3.05, 3.63) is 38.9 Å². The third kappa shape index (κ3) is 3.01. The maximum Gasteiger partial charge on any atom is 0.280 e. The van der Waals surface area contributed by atoms with Crippen LogP contribution < -0.4 is 10.9 Å². The van der Waals surface area contributed by atoms with Gasteiger partial charge in [-0.1, -0.05) is 5.21 Å². The van der Waals surface area contributed by atoms with Gasteiger partial charge in [0.1, 0.15) is 5.39 Å². The minimum atomic E-state index is -0.146. The van der Waals surface area contributed by atoms with Gasteiger partial charge in [0.2, 0.25) is 0 Å². The molecular formula is C13H16N6OS. The van der Waals surface area contributed by atoms with Crippen molar-refractivity contribution in [1.29, 1.82) is 0 Å². The van der Waals surface area contributed by atoms with Crippen LogP contribution in [0.15, 0.2) is 27.8 Å². The first-order valence-corrected chi connectivity index (χ1v) is 7.67. The number of aromatic nitrogens is 5. The highest BCUT2D eigenvalue weighted by atomic mass is 32.1. The Labute approximate surface area is 125 Å². The number of rotatable bonds is 6. The molecular weight excluding hydrogens is 288 g/mol. The van der Waals surface area contributed by atoms with Gasteiger partial charge in [0.25, 0.3) is 5.56 Å². The summed E-state index contributed by atoms with van der Waals surface area (Å²) in [6.45, 7) is 2.07. The lowest BCUT2D eigenvalue weighted by Crippen LogP contribution is -2.30. The van der Waals surface area contributed by atoms with Gasteiger partial charge in [-0.05, 0) is 35.4 Å². The molecule has 0 aliphatic heterocycles. The van der Waals surface area contributed by atoms with Crippen LogP contribution in [0.5, 0.6) is 0 Å². The molecule has 7 nitrogen and oxygen atoms in total. The Morgan fingerprint density at radius 2 is 2.29 bits per heavy atom. The first-order chi connectivity index (χ1) is 10.3. The van der Waals surface area contributed by atoms with Gasteiger partial charge in [-0.2, -0.15) is 16.4 Å². The molecule has 0 aromatic carbocycles. The minimum absolute atomic E-state index is 0.146. The lowest BCUT2D eigenvalue weighted by molar-refractivity contribution is 0.513. The van der Waals surface area contributed by atoms with E-state index in [9.17, 15) is 4.79 Å². The van der Waals surface area contributed by atoms with Crippen molar-refractivity contribution in [2.45, 2.75) is 13.0 Å². The summed E-state index contributed by atoms with van der Waals surface area (Å²) >= 11 is 1.71. The molecule has 0 bridgehead atoms.